The number of ether oxygens (including phenoxy) is 3. The van der Waals surface area contributed by atoms with E-state index in [1.165, 1.54) is 7.11 Å². The van der Waals surface area contributed by atoms with Gasteiger partial charge in [0.1, 0.15) is 11.6 Å². The summed E-state index contributed by atoms with van der Waals surface area (Å²) in [6.07, 6.45) is -0.899. The first-order chi connectivity index (χ1) is 11.6. The van der Waals surface area contributed by atoms with Gasteiger partial charge in [0, 0.05) is 5.56 Å². The summed E-state index contributed by atoms with van der Waals surface area (Å²) in [5.41, 5.74) is 0.804. The molecule has 24 heavy (non-hydrogen) atoms. The molecule has 0 spiro atoms. The van der Waals surface area contributed by atoms with Crippen molar-refractivity contribution in [3.05, 3.63) is 65.7 Å². The molecule has 1 amide bonds. The number of alkyl carbamates (subject to hydrolysis) is 1. The maximum absolute atomic E-state index is 11.7. The lowest BCUT2D eigenvalue weighted by atomic mass is 10.2. The summed E-state index contributed by atoms with van der Waals surface area (Å²) >= 11 is 0. The van der Waals surface area contributed by atoms with Gasteiger partial charge in [0.05, 0.1) is 12.7 Å². The molecule has 0 aromatic heterocycles. The number of hydrogen-bond donors (Lipinski definition) is 2. The Kier molecular flexibility index (Phi) is 5.90. The fourth-order valence-corrected chi connectivity index (χ4v) is 1.78. The lowest BCUT2D eigenvalue weighted by molar-refractivity contribution is -0.00115. The van der Waals surface area contributed by atoms with Crippen LogP contribution in [0.15, 0.2) is 54.6 Å². The van der Waals surface area contributed by atoms with E-state index in [2.05, 4.69) is 5.32 Å². The number of benzene rings is 2. The molecule has 2 aromatic rings. The Bertz CT molecular complexity index is 731. The summed E-state index contributed by atoms with van der Waals surface area (Å²) in [6, 6.07) is 15.0. The van der Waals surface area contributed by atoms with Gasteiger partial charge in [-0.05, 0) is 24.3 Å². The Balaban J connectivity index is 1.78. The molecule has 0 radical (unpaired) electrons. The quantitative estimate of drug-likeness (QED) is 0.380. The standard InChI is InChI=1S/C17H16N2O5/c1-22-14-9-5-8-13(10-14)15(18)19-17(21)24-11-23-16(20)12-6-3-2-4-7-12/h2-10H,11H2,1H3,(H2,18,19,21). The molecule has 2 rings (SSSR count). The van der Waals surface area contributed by atoms with Crippen LogP contribution in [0.4, 0.5) is 4.79 Å². The molecule has 2 N–H and O–H groups in total. The molecule has 7 nitrogen and oxygen atoms in total. The van der Waals surface area contributed by atoms with Crippen LogP contribution in [-0.2, 0) is 9.47 Å². The number of amidine groups is 1. The monoisotopic (exact) mass is 328 g/mol. The van der Waals surface area contributed by atoms with Crippen molar-refractivity contribution in [2.45, 2.75) is 0 Å². The van der Waals surface area contributed by atoms with Gasteiger partial charge in [-0.2, -0.15) is 0 Å². The van der Waals surface area contributed by atoms with Crippen LogP contribution in [0.5, 0.6) is 5.75 Å². The molecular weight excluding hydrogens is 312 g/mol. The smallest absolute Gasteiger partial charge is 0.415 e. The fourth-order valence-electron chi connectivity index (χ4n) is 1.78. The second-order valence-corrected chi connectivity index (χ2v) is 4.58. The highest BCUT2D eigenvalue weighted by Gasteiger charge is 2.11. The Morgan fingerprint density at radius 2 is 1.71 bits per heavy atom. The van der Waals surface area contributed by atoms with Gasteiger partial charge >= 0.3 is 12.1 Å². The average Bonchev–Trinajstić information content (AvgIpc) is 2.62. The largest absolute Gasteiger partial charge is 0.497 e. The van der Waals surface area contributed by atoms with Gasteiger partial charge in [0.15, 0.2) is 0 Å². The summed E-state index contributed by atoms with van der Waals surface area (Å²) < 4.78 is 14.6. The summed E-state index contributed by atoms with van der Waals surface area (Å²) in [7, 11) is 1.51. The fraction of sp³-hybridized carbons (Fsp3) is 0.118. The second kappa shape index (κ2) is 8.33. The maximum Gasteiger partial charge on any atom is 0.415 e. The van der Waals surface area contributed by atoms with Crippen molar-refractivity contribution in [1.82, 2.24) is 5.32 Å². The minimum Gasteiger partial charge on any atom is -0.497 e. The Morgan fingerprint density at radius 3 is 2.42 bits per heavy atom. The number of carbonyl (C=O) groups excluding carboxylic acids is 2. The highest BCUT2D eigenvalue weighted by molar-refractivity contribution is 6.04. The first kappa shape index (κ1) is 17.0. The van der Waals surface area contributed by atoms with Gasteiger partial charge in [0.25, 0.3) is 0 Å². The van der Waals surface area contributed by atoms with Crippen LogP contribution >= 0.6 is 0 Å². The predicted octanol–water partition coefficient (Wildman–Crippen LogP) is 2.56. The third-order valence-corrected chi connectivity index (χ3v) is 2.98. The topological polar surface area (TPSA) is 97.7 Å². The van der Waals surface area contributed by atoms with Crippen molar-refractivity contribution in [2.24, 2.45) is 0 Å². The zero-order valence-corrected chi connectivity index (χ0v) is 12.9. The summed E-state index contributed by atoms with van der Waals surface area (Å²) in [6.45, 7) is -0.551. The van der Waals surface area contributed by atoms with E-state index in [9.17, 15) is 9.59 Å². The maximum atomic E-state index is 11.7. The van der Waals surface area contributed by atoms with E-state index in [0.717, 1.165) is 0 Å². The number of carbonyl (C=O) groups is 2. The molecule has 0 unspecified atom stereocenters. The van der Waals surface area contributed by atoms with Crippen LogP contribution in [0.1, 0.15) is 15.9 Å². The Labute approximate surface area is 138 Å². The summed E-state index contributed by atoms with van der Waals surface area (Å²) in [5, 5.41) is 10.0. The lowest BCUT2D eigenvalue weighted by Gasteiger charge is -2.09. The first-order valence-corrected chi connectivity index (χ1v) is 6.99. The number of hydrogen-bond acceptors (Lipinski definition) is 6. The molecular formula is C17H16N2O5. The zero-order valence-electron chi connectivity index (χ0n) is 12.9. The van der Waals surface area contributed by atoms with Crippen LogP contribution in [0, 0.1) is 5.41 Å². The molecule has 0 aliphatic heterocycles. The van der Waals surface area contributed by atoms with Crippen molar-refractivity contribution < 1.29 is 23.8 Å². The van der Waals surface area contributed by atoms with E-state index < -0.39 is 18.9 Å². The molecule has 0 bridgehead atoms. The van der Waals surface area contributed by atoms with Crippen molar-refractivity contribution in [3.63, 3.8) is 0 Å². The highest BCUT2D eigenvalue weighted by atomic mass is 16.7. The van der Waals surface area contributed by atoms with Crippen LogP contribution in [0.2, 0.25) is 0 Å². The molecule has 2 aromatic carbocycles. The van der Waals surface area contributed by atoms with E-state index in [1.807, 2.05) is 0 Å². The molecule has 0 saturated heterocycles. The van der Waals surface area contributed by atoms with Crippen LogP contribution < -0.4 is 10.1 Å². The second-order valence-electron chi connectivity index (χ2n) is 4.58. The van der Waals surface area contributed by atoms with E-state index in [0.29, 0.717) is 16.9 Å². The number of amides is 1. The van der Waals surface area contributed by atoms with Crippen molar-refractivity contribution in [3.8, 4) is 5.75 Å². The van der Waals surface area contributed by atoms with Gasteiger partial charge in [-0.3, -0.25) is 10.7 Å². The highest BCUT2D eigenvalue weighted by Crippen LogP contribution is 2.12. The number of esters is 1. The Hall–Kier alpha value is -3.35. The van der Waals surface area contributed by atoms with Gasteiger partial charge in [-0.25, -0.2) is 9.59 Å². The molecule has 0 atom stereocenters. The van der Waals surface area contributed by atoms with Crippen LogP contribution in [0.3, 0.4) is 0 Å². The third-order valence-electron chi connectivity index (χ3n) is 2.98. The molecule has 7 heteroatoms. The lowest BCUT2D eigenvalue weighted by Crippen LogP contribution is -2.31. The van der Waals surface area contributed by atoms with E-state index in [1.54, 1.807) is 54.6 Å². The molecule has 124 valence electrons. The van der Waals surface area contributed by atoms with Crippen molar-refractivity contribution in [2.75, 3.05) is 13.9 Å². The van der Waals surface area contributed by atoms with Crippen molar-refractivity contribution >= 4 is 17.9 Å². The molecule has 0 saturated carbocycles. The van der Waals surface area contributed by atoms with Crippen LogP contribution in [-0.4, -0.2) is 31.8 Å². The van der Waals surface area contributed by atoms with Crippen molar-refractivity contribution in [1.29, 1.82) is 5.41 Å². The number of methoxy groups -OCH3 is 1. The minimum absolute atomic E-state index is 0.159. The minimum atomic E-state index is -0.899. The predicted molar refractivity (Wildman–Crippen MR) is 86.2 cm³/mol. The molecule has 0 fully saturated rings. The van der Waals surface area contributed by atoms with Gasteiger partial charge in [-0.15, -0.1) is 0 Å². The third kappa shape index (κ3) is 4.84. The summed E-state index contributed by atoms with van der Waals surface area (Å²) in [4.78, 5) is 23.3. The van der Waals surface area contributed by atoms with E-state index in [4.69, 9.17) is 19.6 Å². The van der Waals surface area contributed by atoms with Gasteiger partial charge in [0.2, 0.25) is 6.79 Å². The van der Waals surface area contributed by atoms with E-state index in [-0.39, 0.29) is 5.84 Å². The molecule has 0 aliphatic carbocycles. The first-order valence-electron chi connectivity index (χ1n) is 6.99. The SMILES string of the molecule is COc1cccc(C(=N)NC(=O)OCOC(=O)c2ccccc2)c1. The van der Waals surface area contributed by atoms with Crippen LogP contribution in [0.25, 0.3) is 0 Å². The normalized spacial score (nSPS) is 9.71. The Morgan fingerprint density at radius 1 is 1.00 bits per heavy atom. The summed E-state index contributed by atoms with van der Waals surface area (Å²) in [5.74, 6) is -0.205. The number of nitrogens with one attached hydrogen (secondary N) is 2. The van der Waals surface area contributed by atoms with Gasteiger partial charge in [-0.1, -0.05) is 30.3 Å². The van der Waals surface area contributed by atoms with Gasteiger partial charge < -0.3 is 14.2 Å². The number of rotatable bonds is 5. The molecule has 0 aliphatic rings. The average molecular weight is 328 g/mol. The van der Waals surface area contributed by atoms with E-state index >= 15 is 0 Å². The zero-order chi connectivity index (χ0) is 17.4. The molecule has 0 heterocycles.